The highest BCUT2D eigenvalue weighted by molar-refractivity contribution is 6.62. The van der Waals surface area contributed by atoms with Crippen molar-refractivity contribution < 1.29 is 9.31 Å². The van der Waals surface area contributed by atoms with Gasteiger partial charge in [0.05, 0.1) is 16.9 Å². The number of hydrogen-bond acceptors (Lipinski definition) is 5. The summed E-state index contributed by atoms with van der Waals surface area (Å²) in [6.07, 6.45) is 7.04. The lowest BCUT2D eigenvalue weighted by molar-refractivity contribution is 0.00578. The number of anilines is 1. The summed E-state index contributed by atoms with van der Waals surface area (Å²) in [5, 5.41) is 3.24. The van der Waals surface area contributed by atoms with E-state index in [9.17, 15) is 4.91 Å². The largest absolute Gasteiger partial charge is 0.494 e. The van der Waals surface area contributed by atoms with Gasteiger partial charge in [-0.1, -0.05) is 31.7 Å². The van der Waals surface area contributed by atoms with E-state index in [1.54, 1.807) is 6.07 Å². The molecule has 3 rings (SSSR count). The topological polar surface area (TPSA) is 73.9 Å². The second kappa shape index (κ2) is 6.73. The molecule has 1 aromatic carbocycles. The molecule has 1 heterocycles. The van der Waals surface area contributed by atoms with E-state index in [0.717, 1.165) is 23.9 Å². The minimum atomic E-state index is -0.475. The van der Waals surface area contributed by atoms with Crippen molar-refractivity contribution >= 4 is 24.0 Å². The van der Waals surface area contributed by atoms with Crippen molar-refractivity contribution in [2.24, 2.45) is 5.18 Å². The first-order valence-electron chi connectivity index (χ1n) is 9.37. The predicted molar refractivity (Wildman–Crippen MR) is 102 cm³/mol. The number of nitrogen functional groups attached to an aromatic ring is 1. The highest BCUT2D eigenvalue weighted by Gasteiger charge is 2.52. The zero-order chi connectivity index (χ0) is 18.2. The third-order valence-corrected chi connectivity index (χ3v) is 6.10. The highest BCUT2D eigenvalue weighted by Crippen LogP contribution is 2.41. The van der Waals surface area contributed by atoms with E-state index in [1.807, 2.05) is 33.8 Å². The van der Waals surface area contributed by atoms with Gasteiger partial charge in [-0.25, -0.2) is 0 Å². The normalized spacial score (nSPS) is 23.4. The molecule has 1 aliphatic carbocycles. The number of nitrogens with two attached hydrogens (primary N) is 1. The van der Waals surface area contributed by atoms with Gasteiger partial charge in [-0.2, -0.15) is 0 Å². The molecule has 0 atom stereocenters. The number of nitrogens with zero attached hydrogens (tertiary/aromatic N) is 1. The van der Waals surface area contributed by atoms with Crippen LogP contribution in [0.1, 0.15) is 77.7 Å². The Bertz CT molecular complexity index is 636. The molecule has 2 N–H and O–H groups in total. The summed E-state index contributed by atoms with van der Waals surface area (Å²) in [6.45, 7) is 8.13. The van der Waals surface area contributed by atoms with Gasteiger partial charge in [-0.15, -0.1) is 4.91 Å². The van der Waals surface area contributed by atoms with Gasteiger partial charge in [-0.3, -0.25) is 0 Å². The minimum Gasteiger partial charge on any atom is -0.399 e. The quantitative estimate of drug-likeness (QED) is 0.382. The first-order chi connectivity index (χ1) is 11.7. The summed E-state index contributed by atoms with van der Waals surface area (Å²) in [5.74, 6) is 0.333. The molecule has 2 aliphatic rings. The first kappa shape index (κ1) is 18.4. The van der Waals surface area contributed by atoms with Gasteiger partial charge in [0.1, 0.15) is 5.69 Å². The summed E-state index contributed by atoms with van der Waals surface area (Å²) in [7, 11) is -0.475. The molecule has 0 radical (unpaired) electrons. The number of benzene rings is 1. The van der Waals surface area contributed by atoms with Crippen molar-refractivity contribution in [3.8, 4) is 0 Å². The fourth-order valence-electron chi connectivity index (χ4n) is 3.83. The summed E-state index contributed by atoms with van der Waals surface area (Å²) < 4.78 is 12.3. The molecule has 1 aliphatic heterocycles. The van der Waals surface area contributed by atoms with Crippen LogP contribution in [0.3, 0.4) is 0 Å². The Labute approximate surface area is 150 Å². The van der Waals surface area contributed by atoms with Crippen LogP contribution in [0.15, 0.2) is 17.3 Å². The summed E-state index contributed by atoms with van der Waals surface area (Å²) >= 11 is 0. The van der Waals surface area contributed by atoms with Gasteiger partial charge in [0, 0.05) is 0 Å². The van der Waals surface area contributed by atoms with E-state index in [0.29, 0.717) is 17.3 Å². The van der Waals surface area contributed by atoms with E-state index >= 15 is 0 Å². The number of rotatable bonds is 3. The van der Waals surface area contributed by atoms with Gasteiger partial charge in [0.2, 0.25) is 0 Å². The summed E-state index contributed by atoms with van der Waals surface area (Å²) in [5.41, 5.74) is 8.01. The molecule has 6 heteroatoms. The van der Waals surface area contributed by atoms with Crippen molar-refractivity contribution in [1.29, 1.82) is 0 Å². The molecule has 0 aromatic heterocycles. The standard InChI is InChI=1S/C19H29BN2O3/c1-18(2)19(3,4)25-20(24-18)14-11-15(17(22-23)16(21)12-14)13-9-7-5-6-8-10-13/h11-13H,5-10,21H2,1-4H3. The Morgan fingerprint density at radius 1 is 1.04 bits per heavy atom. The molecule has 1 saturated carbocycles. The van der Waals surface area contributed by atoms with E-state index in [4.69, 9.17) is 15.0 Å². The van der Waals surface area contributed by atoms with Crippen LogP contribution in [0.4, 0.5) is 11.4 Å². The monoisotopic (exact) mass is 344 g/mol. The molecule has 25 heavy (non-hydrogen) atoms. The highest BCUT2D eigenvalue weighted by atomic mass is 16.7. The molecular weight excluding hydrogens is 315 g/mol. The van der Waals surface area contributed by atoms with Crippen molar-refractivity contribution in [1.82, 2.24) is 0 Å². The second-order valence-electron chi connectivity index (χ2n) is 8.42. The molecule has 0 amide bonds. The zero-order valence-corrected chi connectivity index (χ0v) is 15.8. The third-order valence-electron chi connectivity index (χ3n) is 6.10. The maximum Gasteiger partial charge on any atom is 0.494 e. The second-order valence-corrected chi connectivity index (χ2v) is 8.42. The van der Waals surface area contributed by atoms with Crippen molar-refractivity contribution in [3.63, 3.8) is 0 Å². The fourth-order valence-corrected chi connectivity index (χ4v) is 3.83. The molecule has 1 saturated heterocycles. The van der Waals surface area contributed by atoms with Crippen molar-refractivity contribution in [3.05, 3.63) is 22.6 Å². The van der Waals surface area contributed by atoms with E-state index < -0.39 is 18.3 Å². The van der Waals surface area contributed by atoms with Crippen LogP contribution < -0.4 is 11.2 Å². The Kier molecular flexibility index (Phi) is 4.95. The fraction of sp³-hybridized carbons (Fsp3) is 0.684. The van der Waals surface area contributed by atoms with Crippen LogP contribution in [-0.4, -0.2) is 18.3 Å². The lowest BCUT2D eigenvalue weighted by atomic mass is 9.76. The molecule has 1 aromatic rings. The average molecular weight is 344 g/mol. The van der Waals surface area contributed by atoms with Crippen LogP contribution in [0.5, 0.6) is 0 Å². The number of nitroso groups, excluding NO2 is 1. The van der Waals surface area contributed by atoms with Crippen LogP contribution in [0, 0.1) is 4.91 Å². The van der Waals surface area contributed by atoms with Crippen LogP contribution in [0.2, 0.25) is 0 Å². The molecule has 136 valence electrons. The Morgan fingerprint density at radius 2 is 1.60 bits per heavy atom. The van der Waals surface area contributed by atoms with E-state index in [-0.39, 0.29) is 0 Å². The molecule has 0 spiro atoms. The van der Waals surface area contributed by atoms with Crippen LogP contribution in [-0.2, 0) is 9.31 Å². The van der Waals surface area contributed by atoms with E-state index in [1.165, 1.54) is 25.7 Å². The maximum absolute atomic E-state index is 11.4. The summed E-state index contributed by atoms with van der Waals surface area (Å²) in [4.78, 5) is 11.4. The zero-order valence-electron chi connectivity index (χ0n) is 15.8. The molecular formula is C19H29BN2O3. The van der Waals surface area contributed by atoms with Gasteiger partial charge in [0.25, 0.3) is 0 Å². The minimum absolute atomic E-state index is 0.333. The van der Waals surface area contributed by atoms with Crippen LogP contribution >= 0.6 is 0 Å². The predicted octanol–water partition coefficient (Wildman–Crippen LogP) is 4.40. The summed E-state index contributed by atoms with van der Waals surface area (Å²) in [6, 6.07) is 3.81. The Morgan fingerprint density at radius 3 is 2.12 bits per heavy atom. The van der Waals surface area contributed by atoms with Crippen molar-refractivity contribution in [2.45, 2.75) is 83.3 Å². The first-order valence-corrected chi connectivity index (χ1v) is 9.37. The lowest BCUT2D eigenvalue weighted by Crippen LogP contribution is -2.41. The Balaban J connectivity index is 1.98. The smallest absolute Gasteiger partial charge is 0.399 e. The molecule has 0 bridgehead atoms. The molecule has 2 fully saturated rings. The van der Waals surface area contributed by atoms with Gasteiger partial charge in [0.15, 0.2) is 0 Å². The van der Waals surface area contributed by atoms with Gasteiger partial charge >= 0.3 is 7.12 Å². The third kappa shape index (κ3) is 3.47. The Hall–Kier alpha value is -1.40. The molecule has 5 nitrogen and oxygen atoms in total. The van der Waals surface area contributed by atoms with Gasteiger partial charge < -0.3 is 15.0 Å². The maximum atomic E-state index is 11.4. The van der Waals surface area contributed by atoms with Crippen LogP contribution in [0.25, 0.3) is 0 Å². The number of hydrogen-bond donors (Lipinski definition) is 1. The van der Waals surface area contributed by atoms with E-state index in [2.05, 4.69) is 5.18 Å². The average Bonchev–Trinajstić information content (AvgIpc) is 2.74. The molecule has 0 unspecified atom stereocenters. The SMILES string of the molecule is CC1(C)OB(c2cc(N)c(N=O)c(C3CCCCCC3)c2)OC1(C)C. The van der Waals surface area contributed by atoms with Crippen molar-refractivity contribution in [2.75, 3.05) is 5.73 Å². The lowest BCUT2D eigenvalue weighted by Gasteiger charge is -2.32. The van der Waals surface area contributed by atoms with Gasteiger partial charge in [-0.05, 0) is 68.7 Å².